The lowest BCUT2D eigenvalue weighted by Gasteiger charge is -2.19. The number of fused-ring (bicyclic) bond motifs is 1. The molecule has 5 nitrogen and oxygen atoms in total. The van der Waals surface area contributed by atoms with E-state index in [1.807, 2.05) is 38.1 Å². The first-order chi connectivity index (χ1) is 11.6. The van der Waals surface area contributed by atoms with Crippen molar-refractivity contribution in [3.63, 3.8) is 0 Å². The van der Waals surface area contributed by atoms with Crippen LogP contribution in [0.2, 0.25) is 0 Å². The molecule has 24 heavy (non-hydrogen) atoms. The Morgan fingerprint density at radius 3 is 2.04 bits per heavy atom. The highest BCUT2D eigenvalue weighted by atomic mass is 16.5. The van der Waals surface area contributed by atoms with Gasteiger partial charge in [0, 0.05) is 16.8 Å². The van der Waals surface area contributed by atoms with Crippen LogP contribution in [0.25, 0.3) is 10.8 Å². The van der Waals surface area contributed by atoms with Gasteiger partial charge in [0.15, 0.2) is 11.5 Å². The third-order valence-electron chi connectivity index (χ3n) is 3.94. The molecule has 0 aliphatic heterocycles. The summed E-state index contributed by atoms with van der Waals surface area (Å²) in [5.74, 6) is 1.76. The minimum Gasteiger partial charge on any atom is -0.493 e. The lowest BCUT2D eigenvalue weighted by Crippen LogP contribution is -2.17. The number of hydrogen-bond acceptors (Lipinski definition) is 5. The Kier molecular flexibility index (Phi) is 6.70. The maximum Gasteiger partial charge on any atom is 0.169 e. The van der Waals surface area contributed by atoms with Crippen molar-refractivity contribution in [3.05, 3.63) is 30.3 Å². The minimum absolute atomic E-state index is 0.200. The van der Waals surface area contributed by atoms with Crippen molar-refractivity contribution < 1.29 is 24.4 Å². The third-order valence-corrected chi connectivity index (χ3v) is 3.94. The number of ether oxygens (including phenoxy) is 3. The zero-order chi connectivity index (χ0) is 17.5. The fourth-order valence-corrected chi connectivity index (χ4v) is 2.31. The summed E-state index contributed by atoms with van der Waals surface area (Å²) in [5.41, 5.74) is 0. The van der Waals surface area contributed by atoms with Crippen LogP contribution in [-0.4, -0.2) is 42.7 Å². The van der Waals surface area contributed by atoms with E-state index in [0.29, 0.717) is 30.1 Å². The number of benzene rings is 2. The van der Waals surface area contributed by atoms with E-state index in [4.69, 9.17) is 14.2 Å². The molecule has 0 fully saturated rings. The quantitative estimate of drug-likeness (QED) is 0.737. The van der Waals surface area contributed by atoms with E-state index in [1.165, 1.54) is 0 Å². The predicted molar refractivity (Wildman–Crippen MR) is 94.1 cm³/mol. The fourth-order valence-electron chi connectivity index (χ4n) is 2.31. The molecule has 0 radical (unpaired) electrons. The predicted octanol–water partition coefficient (Wildman–Crippen LogP) is 3.15. The van der Waals surface area contributed by atoms with Crippen LogP contribution in [0.15, 0.2) is 30.3 Å². The topological polar surface area (TPSA) is 68.2 Å². The van der Waals surface area contributed by atoms with Gasteiger partial charge in [0.2, 0.25) is 0 Å². The second-order valence-corrected chi connectivity index (χ2v) is 5.70. The van der Waals surface area contributed by atoms with Gasteiger partial charge in [-0.15, -0.1) is 0 Å². The van der Waals surface area contributed by atoms with E-state index in [2.05, 4.69) is 0 Å². The Hall–Kier alpha value is -1.98. The maximum atomic E-state index is 9.76. The van der Waals surface area contributed by atoms with Crippen molar-refractivity contribution >= 4 is 10.8 Å². The van der Waals surface area contributed by atoms with Gasteiger partial charge in [0.05, 0.1) is 19.3 Å². The first kappa shape index (κ1) is 18.4. The Balaban J connectivity index is 2.39. The second-order valence-electron chi connectivity index (χ2n) is 5.70. The molecule has 0 saturated heterocycles. The van der Waals surface area contributed by atoms with Gasteiger partial charge in [0.1, 0.15) is 19.0 Å². The van der Waals surface area contributed by atoms with E-state index in [9.17, 15) is 10.2 Å². The number of aliphatic hydroxyl groups excluding tert-OH is 2. The van der Waals surface area contributed by atoms with E-state index in [1.54, 1.807) is 13.2 Å². The summed E-state index contributed by atoms with van der Waals surface area (Å²) in [7, 11) is 1.57. The van der Waals surface area contributed by atoms with Crippen molar-refractivity contribution in [2.45, 2.75) is 38.9 Å². The highest BCUT2D eigenvalue weighted by Gasteiger charge is 2.16. The van der Waals surface area contributed by atoms with Crippen LogP contribution in [0.3, 0.4) is 0 Å². The van der Waals surface area contributed by atoms with Crippen molar-refractivity contribution in [2.24, 2.45) is 0 Å². The van der Waals surface area contributed by atoms with Crippen LogP contribution < -0.4 is 14.2 Å². The van der Waals surface area contributed by atoms with Crippen LogP contribution in [0.1, 0.15) is 26.7 Å². The van der Waals surface area contributed by atoms with Gasteiger partial charge in [-0.3, -0.25) is 0 Å². The molecule has 0 aliphatic carbocycles. The molecule has 0 aliphatic rings. The van der Waals surface area contributed by atoms with Gasteiger partial charge in [-0.05, 0) is 12.8 Å². The summed E-state index contributed by atoms with van der Waals surface area (Å²) in [6, 6.07) is 9.46. The number of methoxy groups -OCH3 is 1. The van der Waals surface area contributed by atoms with E-state index >= 15 is 0 Å². The number of hydrogen-bond donors (Lipinski definition) is 2. The van der Waals surface area contributed by atoms with Gasteiger partial charge < -0.3 is 24.4 Å². The lowest BCUT2D eigenvalue weighted by atomic mass is 10.1. The van der Waals surface area contributed by atoms with E-state index < -0.39 is 12.2 Å². The smallest absolute Gasteiger partial charge is 0.169 e. The zero-order valence-electron chi connectivity index (χ0n) is 14.5. The van der Waals surface area contributed by atoms with Crippen LogP contribution in [0, 0.1) is 0 Å². The van der Waals surface area contributed by atoms with Crippen LogP contribution in [0.5, 0.6) is 17.2 Å². The van der Waals surface area contributed by atoms with Gasteiger partial charge >= 0.3 is 0 Å². The molecule has 132 valence electrons. The maximum absolute atomic E-state index is 9.76. The highest BCUT2D eigenvalue weighted by molar-refractivity contribution is 5.95. The number of rotatable bonds is 9. The first-order valence-electron chi connectivity index (χ1n) is 8.32. The molecule has 2 unspecified atom stereocenters. The van der Waals surface area contributed by atoms with Crippen LogP contribution in [-0.2, 0) is 0 Å². The summed E-state index contributed by atoms with van der Waals surface area (Å²) >= 11 is 0. The average Bonchev–Trinajstić information content (AvgIpc) is 2.63. The number of aliphatic hydroxyl groups is 2. The molecule has 0 spiro atoms. The Bertz CT molecular complexity index is 655. The highest BCUT2D eigenvalue weighted by Crippen LogP contribution is 2.41. The van der Waals surface area contributed by atoms with Crippen molar-refractivity contribution in [3.8, 4) is 17.2 Å². The third kappa shape index (κ3) is 4.30. The van der Waals surface area contributed by atoms with Crippen LogP contribution in [0.4, 0.5) is 0 Å². The van der Waals surface area contributed by atoms with Gasteiger partial charge in [-0.25, -0.2) is 0 Å². The molecule has 2 N–H and O–H groups in total. The van der Waals surface area contributed by atoms with Gasteiger partial charge in [0.25, 0.3) is 0 Å². The molecule has 2 aromatic rings. The standard InChI is InChI=1S/C19H26O5/c1-4-13(20)11-23-17-10-18(22-3)19(24-12-14(21)5-2)16-9-7-6-8-15(16)17/h6-10,13-14,20-21H,4-5,11-12H2,1-3H3. The molecule has 5 heteroatoms. The second kappa shape index (κ2) is 8.76. The average molecular weight is 334 g/mol. The first-order valence-corrected chi connectivity index (χ1v) is 8.32. The largest absolute Gasteiger partial charge is 0.493 e. The van der Waals surface area contributed by atoms with Crippen molar-refractivity contribution in [1.29, 1.82) is 0 Å². The molecular formula is C19H26O5. The molecule has 2 aromatic carbocycles. The lowest BCUT2D eigenvalue weighted by molar-refractivity contribution is 0.102. The van der Waals surface area contributed by atoms with Gasteiger partial charge in [-0.1, -0.05) is 38.1 Å². The molecular weight excluding hydrogens is 308 g/mol. The fraction of sp³-hybridized carbons (Fsp3) is 0.474. The zero-order valence-corrected chi connectivity index (χ0v) is 14.5. The summed E-state index contributed by atoms with van der Waals surface area (Å²) < 4.78 is 17.0. The van der Waals surface area contributed by atoms with Crippen molar-refractivity contribution in [2.75, 3.05) is 20.3 Å². The van der Waals surface area contributed by atoms with Gasteiger partial charge in [-0.2, -0.15) is 0 Å². The molecule has 0 saturated carbocycles. The molecule has 0 bridgehead atoms. The monoisotopic (exact) mass is 334 g/mol. The Labute approximate surface area is 142 Å². The molecule has 0 aromatic heterocycles. The Morgan fingerprint density at radius 2 is 1.46 bits per heavy atom. The molecule has 2 rings (SSSR count). The minimum atomic E-state index is -0.524. The SMILES string of the molecule is CCC(O)COc1cc(OC)c(OCC(O)CC)c2ccccc12. The molecule has 2 atom stereocenters. The summed E-state index contributed by atoms with van der Waals surface area (Å²) in [6.45, 7) is 4.23. The van der Waals surface area contributed by atoms with Crippen molar-refractivity contribution in [1.82, 2.24) is 0 Å². The molecule has 0 heterocycles. The summed E-state index contributed by atoms with van der Waals surface area (Å²) in [6.07, 6.45) is 0.219. The Morgan fingerprint density at radius 1 is 0.875 bits per heavy atom. The summed E-state index contributed by atoms with van der Waals surface area (Å²) in [4.78, 5) is 0. The van der Waals surface area contributed by atoms with E-state index in [-0.39, 0.29) is 13.2 Å². The normalized spacial score (nSPS) is 13.5. The van der Waals surface area contributed by atoms with Crippen LogP contribution >= 0.6 is 0 Å². The van der Waals surface area contributed by atoms with E-state index in [0.717, 1.165) is 10.8 Å². The molecule has 0 amide bonds. The summed E-state index contributed by atoms with van der Waals surface area (Å²) in [5, 5.41) is 21.2.